The summed E-state index contributed by atoms with van der Waals surface area (Å²) in [5.74, 6) is -0.282. The summed E-state index contributed by atoms with van der Waals surface area (Å²) < 4.78 is 19.1. The van der Waals surface area contributed by atoms with E-state index in [1.54, 1.807) is 4.90 Å². The Labute approximate surface area is 145 Å². The van der Waals surface area contributed by atoms with E-state index >= 15 is 0 Å². The number of halogens is 2. The quantitative estimate of drug-likeness (QED) is 0.923. The molecule has 0 saturated carbocycles. The van der Waals surface area contributed by atoms with Crippen molar-refractivity contribution in [1.29, 1.82) is 0 Å². The van der Waals surface area contributed by atoms with Gasteiger partial charge in [-0.1, -0.05) is 41.9 Å². The highest BCUT2D eigenvalue weighted by molar-refractivity contribution is 6.32. The standard InChI is InChI=1S/C18H18ClFN2O2/c19-15-12-14(20)6-7-16(15)24-17(13-4-2-1-3-5-13)18(23)22-10-8-21-9-11-22/h1-7,12,17,21H,8-11H2. The molecule has 1 amide bonds. The number of benzene rings is 2. The minimum absolute atomic E-state index is 0.122. The summed E-state index contributed by atoms with van der Waals surface area (Å²) in [6.07, 6.45) is -0.813. The number of nitrogens with zero attached hydrogens (tertiary/aromatic N) is 1. The van der Waals surface area contributed by atoms with Gasteiger partial charge in [0.15, 0.2) is 0 Å². The van der Waals surface area contributed by atoms with Gasteiger partial charge in [0.1, 0.15) is 11.6 Å². The van der Waals surface area contributed by atoms with Crippen LogP contribution in [0.25, 0.3) is 0 Å². The summed E-state index contributed by atoms with van der Waals surface area (Å²) in [5, 5.41) is 3.36. The molecule has 3 rings (SSSR count). The third-order valence-electron chi connectivity index (χ3n) is 3.89. The Morgan fingerprint density at radius 2 is 1.88 bits per heavy atom. The molecule has 1 aliphatic rings. The monoisotopic (exact) mass is 348 g/mol. The molecule has 1 unspecified atom stereocenters. The van der Waals surface area contributed by atoms with Crippen LogP contribution in [0.2, 0.25) is 5.02 Å². The molecule has 2 aromatic rings. The molecule has 0 radical (unpaired) electrons. The van der Waals surface area contributed by atoms with Crippen LogP contribution in [0.5, 0.6) is 5.75 Å². The highest BCUT2D eigenvalue weighted by Crippen LogP contribution is 2.30. The van der Waals surface area contributed by atoms with Gasteiger partial charge in [0, 0.05) is 31.7 Å². The van der Waals surface area contributed by atoms with Gasteiger partial charge in [0.2, 0.25) is 6.10 Å². The number of carbonyl (C=O) groups excluding carboxylic acids is 1. The number of piperazine rings is 1. The number of hydrogen-bond donors (Lipinski definition) is 1. The third kappa shape index (κ3) is 3.86. The molecule has 2 aromatic carbocycles. The van der Waals surface area contributed by atoms with Crippen LogP contribution in [0.1, 0.15) is 11.7 Å². The van der Waals surface area contributed by atoms with Crippen LogP contribution in [0.3, 0.4) is 0 Å². The van der Waals surface area contributed by atoms with Gasteiger partial charge in [-0.3, -0.25) is 4.79 Å². The Balaban J connectivity index is 1.88. The lowest BCUT2D eigenvalue weighted by atomic mass is 10.1. The first-order valence-electron chi connectivity index (χ1n) is 7.81. The van der Waals surface area contributed by atoms with Crippen LogP contribution in [-0.4, -0.2) is 37.0 Å². The highest BCUT2D eigenvalue weighted by Gasteiger charge is 2.29. The van der Waals surface area contributed by atoms with Crippen molar-refractivity contribution in [1.82, 2.24) is 10.2 Å². The lowest BCUT2D eigenvalue weighted by Gasteiger charge is -2.31. The van der Waals surface area contributed by atoms with E-state index < -0.39 is 11.9 Å². The fraction of sp³-hybridized carbons (Fsp3) is 0.278. The molecule has 1 heterocycles. The Bertz CT molecular complexity index is 705. The summed E-state index contributed by atoms with van der Waals surface area (Å²) in [7, 11) is 0. The molecule has 0 spiro atoms. The Kier molecular flexibility index (Phi) is 5.33. The van der Waals surface area contributed by atoms with Crippen molar-refractivity contribution in [2.24, 2.45) is 0 Å². The predicted molar refractivity (Wildman–Crippen MR) is 90.7 cm³/mol. The van der Waals surface area contributed by atoms with Crippen molar-refractivity contribution in [3.05, 3.63) is 64.9 Å². The lowest BCUT2D eigenvalue weighted by Crippen LogP contribution is -2.48. The number of nitrogens with one attached hydrogen (secondary N) is 1. The van der Waals surface area contributed by atoms with E-state index in [1.807, 2.05) is 30.3 Å². The van der Waals surface area contributed by atoms with Gasteiger partial charge in [-0.2, -0.15) is 0 Å². The average Bonchev–Trinajstić information content (AvgIpc) is 2.62. The van der Waals surface area contributed by atoms with Crippen molar-refractivity contribution in [3.8, 4) is 5.75 Å². The van der Waals surface area contributed by atoms with Gasteiger partial charge in [0.05, 0.1) is 5.02 Å². The molecule has 1 fully saturated rings. The zero-order valence-electron chi connectivity index (χ0n) is 13.0. The molecule has 0 bridgehead atoms. The topological polar surface area (TPSA) is 41.6 Å². The van der Waals surface area contributed by atoms with Crippen LogP contribution in [-0.2, 0) is 4.79 Å². The van der Waals surface area contributed by atoms with Gasteiger partial charge in [-0.25, -0.2) is 4.39 Å². The molecule has 0 aromatic heterocycles. The Morgan fingerprint density at radius 3 is 2.54 bits per heavy atom. The lowest BCUT2D eigenvalue weighted by molar-refractivity contribution is -0.139. The molecule has 1 aliphatic heterocycles. The maximum atomic E-state index is 13.2. The molecular formula is C18H18ClFN2O2. The molecule has 1 atom stereocenters. The number of amides is 1. The van der Waals surface area contributed by atoms with Crippen LogP contribution in [0.15, 0.2) is 48.5 Å². The fourth-order valence-corrected chi connectivity index (χ4v) is 2.85. The third-order valence-corrected chi connectivity index (χ3v) is 4.19. The van der Waals surface area contributed by atoms with Crippen LogP contribution >= 0.6 is 11.6 Å². The van der Waals surface area contributed by atoms with E-state index in [9.17, 15) is 9.18 Å². The molecular weight excluding hydrogens is 331 g/mol. The molecule has 1 N–H and O–H groups in total. The molecule has 1 saturated heterocycles. The second kappa shape index (κ2) is 7.64. The minimum Gasteiger partial charge on any atom is -0.474 e. The SMILES string of the molecule is O=C(C(Oc1ccc(F)cc1Cl)c1ccccc1)N1CCNCC1. The zero-order valence-corrected chi connectivity index (χ0v) is 13.8. The van der Waals surface area contributed by atoms with E-state index in [2.05, 4.69) is 5.32 Å². The normalized spacial score (nSPS) is 15.8. The van der Waals surface area contributed by atoms with Crippen molar-refractivity contribution in [2.75, 3.05) is 26.2 Å². The summed E-state index contributed by atoms with van der Waals surface area (Å²) >= 11 is 6.05. The van der Waals surface area contributed by atoms with E-state index in [4.69, 9.17) is 16.3 Å². The maximum absolute atomic E-state index is 13.2. The van der Waals surface area contributed by atoms with E-state index in [1.165, 1.54) is 18.2 Å². The van der Waals surface area contributed by atoms with Gasteiger partial charge in [0.25, 0.3) is 5.91 Å². The van der Waals surface area contributed by atoms with Gasteiger partial charge in [-0.15, -0.1) is 0 Å². The summed E-state index contributed by atoms with van der Waals surface area (Å²) in [4.78, 5) is 14.7. The molecule has 126 valence electrons. The van der Waals surface area contributed by atoms with Crippen LogP contribution in [0.4, 0.5) is 4.39 Å². The zero-order chi connectivity index (χ0) is 16.9. The van der Waals surface area contributed by atoms with E-state index in [0.29, 0.717) is 13.1 Å². The first-order chi connectivity index (χ1) is 11.6. The van der Waals surface area contributed by atoms with Crippen molar-refractivity contribution in [3.63, 3.8) is 0 Å². The molecule has 6 heteroatoms. The first kappa shape index (κ1) is 16.7. The number of ether oxygens (including phenoxy) is 1. The molecule has 0 aliphatic carbocycles. The van der Waals surface area contributed by atoms with Crippen LogP contribution < -0.4 is 10.1 Å². The summed E-state index contributed by atoms with van der Waals surface area (Å²) in [5.41, 5.74) is 0.737. The summed E-state index contributed by atoms with van der Waals surface area (Å²) in [6.45, 7) is 2.76. The van der Waals surface area contributed by atoms with E-state index in [0.717, 1.165) is 18.7 Å². The number of hydrogen-bond acceptors (Lipinski definition) is 3. The Morgan fingerprint density at radius 1 is 1.17 bits per heavy atom. The maximum Gasteiger partial charge on any atom is 0.268 e. The van der Waals surface area contributed by atoms with Crippen molar-refractivity contribution in [2.45, 2.75) is 6.10 Å². The second-order valence-electron chi connectivity index (χ2n) is 5.56. The van der Waals surface area contributed by atoms with Crippen molar-refractivity contribution < 1.29 is 13.9 Å². The molecule has 24 heavy (non-hydrogen) atoms. The van der Waals surface area contributed by atoms with Gasteiger partial charge >= 0.3 is 0 Å². The van der Waals surface area contributed by atoms with E-state index in [-0.39, 0.29) is 16.7 Å². The predicted octanol–water partition coefficient (Wildman–Crippen LogP) is 3.03. The number of carbonyl (C=O) groups is 1. The minimum atomic E-state index is -0.813. The molecule has 4 nitrogen and oxygen atoms in total. The highest BCUT2D eigenvalue weighted by atomic mass is 35.5. The Hall–Kier alpha value is -2.11. The average molecular weight is 349 g/mol. The largest absolute Gasteiger partial charge is 0.474 e. The smallest absolute Gasteiger partial charge is 0.268 e. The fourth-order valence-electron chi connectivity index (χ4n) is 2.64. The van der Waals surface area contributed by atoms with Crippen LogP contribution in [0, 0.1) is 5.82 Å². The van der Waals surface area contributed by atoms with Crippen molar-refractivity contribution >= 4 is 17.5 Å². The number of rotatable bonds is 4. The first-order valence-corrected chi connectivity index (χ1v) is 8.19. The van der Waals surface area contributed by atoms with Gasteiger partial charge in [-0.05, 0) is 18.2 Å². The van der Waals surface area contributed by atoms with Gasteiger partial charge < -0.3 is 15.0 Å². The summed E-state index contributed by atoms with van der Waals surface area (Å²) in [6, 6.07) is 13.1. The second-order valence-corrected chi connectivity index (χ2v) is 5.97.